The Kier molecular flexibility index (Phi) is 9.18. The van der Waals surface area contributed by atoms with Crippen LogP contribution < -0.4 is 5.32 Å². The average Bonchev–Trinajstić information content (AvgIpc) is 3.16. The Morgan fingerprint density at radius 2 is 2.14 bits per heavy atom. The average molecular weight is 493 g/mol. The molecule has 3 rings (SSSR count). The second-order valence-corrected chi connectivity index (χ2v) is 7.12. The number of pyridine rings is 1. The number of benzene rings is 1. The molecule has 1 unspecified atom stereocenters. The van der Waals surface area contributed by atoms with E-state index in [2.05, 4.69) is 63.3 Å². The van der Waals surface area contributed by atoms with E-state index in [0.29, 0.717) is 6.04 Å². The third kappa shape index (κ3) is 5.91. The molecule has 1 fully saturated rings. The molecular weight excluding hydrogens is 461 g/mol. The molecule has 0 saturated carbocycles. The Morgan fingerprint density at radius 3 is 2.86 bits per heavy atom. The molecule has 1 saturated heterocycles. The van der Waals surface area contributed by atoms with Crippen LogP contribution in [0.3, 0.4) is 0 Å². The van der Waals surface area contributed by atoms with Gasteiger partial charge in [0.1, 0.15) is 0 Å². The van der Waals surface area contributed by atoms with Crippen LogP contribution in [0.4, 0.5) is 0 Å². The summed E-state index contributed by atoms with van der Waals surface area (Å²) >= 11 is 0. The van der Waals surface area contributed by atoms with E-state index in [1.807, 2.05) is 31.4 Å². The first-order valence-electron chi connectivity index (χ1n) is 9.87. The van der Waals surface area contributed by atoms with Gasteiger partial charge in [0.15, 0.2) is 5.96 Å². The molecule has 5 nitrogen and oxygen atoms in total. The molecule has 1 N–H and O–H groups in total. The lowest BCUT2D eigenvalue weighted by Gasteiger charge is -2.29. The zero-order valence-corrected chi connectivity index (χ0v) is 19.5. The van der Waals surface area contributed by atoms with Gasteiger partial charge in [0.2, 0.25) is 0 Å². The van der Waals surface area contributed by atoms with Crippen molar-refractivity contribution in [3.8, 4) is 11.3 Å². The Morgan fingerprint density at radius 1 is 1.29 bits per heavy atom. The highest BCUT2D eigenvalue weighted by molar-refractivity contribution is 14.0. The molecule has 2 aromatic rings. The minimum atomic E-state index is 0. The van der Waals surface area contributed by atoms with Crippen molar-refractivity contribution in [1.82, 2.24) is 20.1 Å². The van der Waals surface area contributed by atoms with Crippen molar-refractivity contribution in [2.24, 2.45) is 4.99 Å². The first-order chi connectivity index (χ1) is 13.2. The molecule has 28 heavy (non-hydrogen) atoms. The van der Waals surface area contributed by atoms with Gasteiger partial charge in [-0.3, -0.25) is 14.9 Å². The van der Waals surface area contributed by atoms with E-state index in [1.54, 1.807) is 0 Å². The smallest absolute Gasteiger partial charge is 0.193 e. The fourth-order valence-corrected chi connectivity index (χ4v) is 3.86. The van der Waals surface area contributed by atoms with Crippen LogP contribution >= 0.6 is 24.0 Å². The number of halogens is 1. The van der Waals surface area contributed by atoms with Crippen molar-refractivity contribution in [3.63, 3.8) is 0 Å². The predicted molar refractivity (Wildman–Crippen MR) is 128 cm³/mol. The summed E-state index contributed by atoms with van der Waals surface area (Å²) in [5.41, 5.74) is 3.37. The third-order valence-corrected chi connectivity index (χ3v) is 5.30. The molecule has 2 heterocycles. The molecular formula is C22H32IN5. The highest BCUT2D eigenvalue weighted by Gasteiger charge is 2.24. The van der Waals surface area contributed by atoms with Crippen LogP contribution in [0.15, 0.2) is 53.7 Å². The summed E-state index contributed by atoms with van der Waals surface area (Å²) in [6.07, 6.45) is 4.42. The molecule has 1 atom stereocenters. The van der Waals surface area contributed by atoms with E-state index in [-0.39, 0.29) is 24.0 Å². The van der Waals surface area contributed by atoms with Crippen molar-refractivity contribution in [2.45, 2.75) is 32.4 Å². The second-order valence-electron chi connectivity index (χ2n) is 7.12. The summed E-state index contributed by atoms with van der Waals surface area (Å²) in [5.74, 6) is 0.946. The number of hydrogen-bond acceptors (Lipinski definition) is 3. The van der Waals surface area contributed by atoms with Crippen LogP contribution in [-0.4, -0.2) is 60.5 Å². The Bertz CT molecular complexity index is 750. The van der Waals surface area contributed by atoms with Crippen molar-refractivity contribution >= 4 is 29.9 Å². The Balaban J connectivity index is 0.00000280. The monoisotopic (exact) mass is 493 g/mol. The van der Waals surface area contributed by atoms with Crippen LogP contribution in [0.5, 0.6) is 0 Å². The molecule has 1 aliphatic heterocycles. The minimum absolute atomic E-state index is 0. The van der Waals surface area contributed by atoms with Crippen LogP contribution in [0.25, 0.3) is 11.3 Å². The van der Waals surface area contributed by atoms with Crippen molar-refractivity contribution in [2.75, 3.05) is 33.7 Å². The number of guanidine groups is 1. The van der Waals surface area contributed by atoms with Gasteiger partial charge in [0.05, 0.1) is 5.69 Å². The zero-order chi connectivity index (χ0) is 19.1. The van der Waals surface area contributed by atoms with Gasteiger partial charge >= 0.3 is 0 Å². The summed E-state index contributed by atoms with van der Waals surface area (Å²) in [4.78, 5) is 13.7. The maximum absolute atomic E-state index is 4.48. The Hall–Kier alpha value is -1.67. The van der Waals surface area contributed by atoms with Crippen LogP contribution in [0.1, 0.15) is 25.3 Å². The van der Waals surface area contributed by atoms with E-state index in [0.717, 1.165) is 36.9 Å². The molecule has 1 aliphatic rings. The fraction of sp³-hybridized carbons (Fsp3) is 0.455. The molecule has 0 radical (unpaired) electrons. The maximum Gasteiger partial charge on any atom is 0.193 e. The lowest BCUT2D eigenvalue weighted by atomic mass is 10.1. The van der Waals surface area contributed by atoms with Crippen LogP contribution in [-0.2, 0) is 6.54 Å². The third-order valence-electron chi connectivity index (χ3n) is 5.30. The second kappa shape index (κ2) is 11.4. The summed E-state index contributed by atoms with van der Waals surface area (Å²) in [5, 5.41) is 3.51. The minimum Gasteiger partial charge on any atom is -0.352 e. The summed E-state index contributed by atoms with van der Waals surface area (Å²) in [7, 11) is 3.99. The van der Waals surface area contributed by atoms with E-state index >= 15 is 0 Å². The lowest BCUT2D eigenvalue weighted by Crippen LogP contribution is -2.45. The Labute approximate surface area is 186 Å². The fourth-order valence-electron chi connectivity index (χ4n) is 3.86. The number of likely N-dealkylation sites (N-methyl/N-ethyl adjacent to an activating group) is 2. The number of aliphatic imine (C=N–C) groups is 1. The van der Waals surface area contributed by atoms with Gasteiger partial charge in [-0.15, -0.1) is 24.0 Å². The van der Waals surface area contributed by atoms with Crippen LogP contribution in [0, 0.1) is 0 Å². The van der Waals surface area contributed by atoms with Crippen molar-refractivity contribution in [1.29, 1.82) is 0 Å². The molecule has 1 aromatic carbocycles. The predicted octanol–water partition coefficient (Wildman–Crippen LogP) is 3.86. The molecule has 1 aromatic heterocycles. The summed E-state index contributed by atoms with van der Waals surface area (Å²) in [6.45, 7) is 6.37. The van der Waals surface area contributed by atoms with Gasteiger partial charge in [-0.05, 0) is 49.7 Å². The van der Waals surface area contributed by atoms with E-state index in [9.17, 15) is 0 Å². The SMILES string of the molecule is CCN1CCCC1CN(C)C(=NC)NCc1cccc(-c2ccccn2)c1.I. The van der Waals surface area contributed by atoms with E-state index < -0.39 is 0 Å². The van der Waals surface area contributed by atoms with E-state index in [4.69, 9.17) is 0 Å². The molecule has 0 spiro atoms. The van der Waals surface area contributed by atoms with Gasteiger partial charge < -0.3 is 10.2 Å². The molecule has 152 valence electrons. The van der Waals surface area contributed by atoms with E-state index in [1.165, 1.54) is 24.9 Å². The van der Waals surface area contributed by atoms with Gasteiger partial charge in [0, 0.05) is 45.0 Å². The first kappa shape index (κ1) is 22.6. The van der Waals surface area contributed by atoms with Gasteiger partial charge in [-0.2, -0.15) is 0 Å². The number of rotatable bonds is 6. The lowest BCUT2D eigenvalue weighted by molar-refractivity contribution is 0.232. The normalized spacial score (nSPS) is 17.2. The highest BCUT2D eigenvalue weighted by atomic mass is 127. The van der Waals surface area contributed by atoms with Crippen molar-refractivity contribution < 1.29 is 0 Å². The van der Waals surface area contributed by atoms with Gasteiger partial charge in [0.25, 0.3) is 0 Å². The zero-order valence-electron chi connectivity index (χ0n) is 17.1. The largest absolute Gasteiger partial charge is 0.352 e. The first-order valence-corrected chi connectivity index (χ1v) is 9.87. The molecule has 0 aliphatic carbocycles. The topological polar surface area (TPSA) is 43.8 Å². The number of nitrogens with one attached hydrogen (secondary N) is 1. The standard InChI is InChI=1S/C22H31N5.HI/c1-4-27-14-8-11-20(27)17-26(3)22(23-2)25-16-18-9-7-10-19(15-18)21-12-5-6-13-24-21;/h5-7,9-10,12-13,15,20H,4,8,11,14,16-17H2,1-3H3,(H,23,25);1H. The number of nitrogens with zero attached hydrogens (tertiary/aromatic N) is 4. The maximum atomic E-state index is 4.48. The molecule has 0 amide bonds. The van der Waals surface area contributed by atoms with Crippen molar-refractivity contribution in [3.05, 3.63) is 54.2 Å². The molecule has 6 heteroatoms. The summed E-state index contributed by atoms with van der Waals surface area (Å²) < 4.78 is 0. The quantitative estimate of drug-likeness (QED) is 0.377. The van der Waals surface area contributed by atoms with Gasteiger partial charge in [-0.25, -0.2) is 0 Å². The van der Waals surface area contributed by atoms with Gasteiger partial charge in [-0.1, -0.05) is 31.2 Å². The number of hydrogen-bond donors (Lipinski definition) is 1. The number of likely N-dealkylation sites (tertiary alicyclic amines) is 1. The van der Waals surface area contributed by atoms with Crippen LogP contribution in [0.2, 0.25) is 0 Å². The summed E-state index contributed by atoms with van der Waals surface area (Å²) in [6, 6.07) is 15.2. The highest BCUT2D eigenvalue weighted by Crippen LogP contribution is 2.18. The number of aromatic nitrogens is 1. The molecule has 0 bridgehead atoms.